The summed E-state index contributed by atoms with van der Waals surface area (Å²) < 4.78 is 24.2. The first-order valence-corrected chi connectivity index (χ1v) is 11.7. The number of ketones is 1. The highest BCUT2D eigenvalue weighted by molar-refractivity contribution is 5.91. The number of carbonyl (C=O) groups excluding carboxylic acids is 1. The van der Waals surface area contributed by atoms with Gasteiger partial charge in [0.15, 0.2) is 19.4 Å². The molecule has 166 valence electrons. The molecule has 2 heterocycles. The van der Waals surface area contributed by atoms with Gasteiger partial charge in [0.05, 0.1) is 6.10 Å². The zero-order valence-corrected chi connectivity index (χ0v) is 18.3. The van der Waals surface area contributed by atoms with Crippen LogP contribution in [0.5, 0.6) is 0 Å². The molecule has 2 spiro atoms. The van der Waals surface area contributed by atoms with Gasteiger partial charge >= 0.3 is 0 Å². The molecule has 3 saturated carbocycles. The van der Waals surface area contributed by atoms with Crippen molar-refractivity contribution in [3.05, 3.63) is 11.6 Å². The van der Waals surface area contributed by atoms with Gasteiger partial charge in [-0.1, -0.05) is 26.3 Å². The van der Waals surface area contributed by atoms with E-state index in [9.17, 15) is 9.90 Å². The Bertz CT molecular complexity index is 796. The van der Waals surface area contributed by atoms with E-state index >= 15 is 0 Å². The highest BCUT2D eigenvalue weighted by atomic mass is 16.9. The number of hydrogen-bond acceptors (Lipinski definition) is 6. The summed E-state index contributed by atoms with van der Waals surface area (Å²) in [6.07, 6.45) is 6.57. The summed E-state index contributed by atoms with van der Waals surface area (Å²) >= 11 is 0. The molecule has 9 atom stereocenters. The Hall–Kier alpha value is -0.790. The molecular weight excluding hydrogens is 384 g/mol. The van der Waals surface area contributed by atoms with E-state index in [0.717, 1.165) is 25.7 Å². The minimum Gasteiger partial charge on any atom is -0.393 e. The smallest absolute Gasteiger partial charge is 0.226 e. The first-order valence-electron chi connectivity index (χ1n) is 11.7. The Balaban J connectivity index is 1.43. The van der Waals surface area contributed by atoms with Crippen molar-refractivity contribution in [1.82, 2.24) is 0 Å². The van der Waals surface area contributed by atoms with Crippen LogP contribution in [-0.4, -0.2) is 48.6 Å². The van der Waals surface area contributed by atoms with E-state index in [1.165, 1.54) is 5.57 Å². The second-order valence-corrected chi connectivity index (χ2v) is 11.2. The normalized spacial score (nSPS) is 57.4. The molecular formula is C24H34O6. The predicted octanol–water partition coefficient (Wildman–Crippen LogP) is 3.18. The molecule has 0 aromatic carbocycles. The van der Waals surface area contributed by atoms with Crippen molar-refractivity contribution in [2.45, 2.75) is 76.8 Å². The maximum atomic E-state index is 12.2. The maximum absolute atomic E-state index is 12.2. The van der Waals surface area contributed by atoms with Crippen molar-refractivity contribution in [2.75, 3.05) is 20.2 Å². The third-order valence-electron chi connectivity index (χ3n) is 10.2. The van der Waals surface area contributed by atoms with Crippen molar-refractivity contribution >= 4 is 5.78 Å². The molecule has 6 rings (SSSR count). The molecule has 1 N–H and O–H groups in total. The maximum Gasteiger partial charge on any atom is 0.226 e. The molecule has 6 heteroatoms. The van der Waals surface area contributed by atoms with E-state index in [-0.39, 0.29) is 36.1 Å². The molecule has 0 bridgehead atoms. The second-order valence-electron chi connectivity index (χ2n) is 11.2. The third kappa shape index (κ3) is 2.15. The number of hydrogen-bond donors (Lipinski definition) is 1. The van der Waals surface area contributed by atoms with E-state index in [0.29, 0.717) is 37.2 Å². The van der Waals surface area contributed by atoms with Crippen LogP contribution in [0.3, 0.4) is 0 Å². The van der Waals surface area contributed by atoms with Crippen LogP contribution in [0.2, 0.25) is 0 Å². The van der Waals surface area contributed by atoms with Gasteiger partial charge in [-0.05, 0) is 67.3 Å². The highest BCUT2D eigenvalue weighted by Crippen LogP contribution is 2.72. The minimum atomic E-state index is -0.852. The minimum absolute atomic E-state index is 0.0928. The van der Waals surface area contributed by atoms with Crippen LogP contribution >= 0.6 is 0 Å². The zero-order valence-electron chi connectivity index (χ0n) is 18.3. The molecule has 30 heavy (non-hydrogen) atoms. The van der Waals surface area contributed by atoms with Crippen LogP contribution in [0.1, 0.15) is 59.3 Å². The molecule has 0 aromatic heterocycles. The number of aliphatic hydroxyl groups is 1. The van der Waals surface area contributed by atoms with E-state index in [1.54, 1.807) is 0 Å². The number of fused-ring (bicyclic) bond motifs is 7. The van der Waals surface area contributed by atoms with Gasteiger partial charge in [0, 0.05) is 11.8 Å². The molecule has 2 aliphatic heterocycles. The van der Waals surface area contributed by atoms with Gasteiger partial charge in [-0.2, -0.15) is 0 Å². The largest absolute Gasteiger partial charge is 0.393 e. The van der Waals surface area contributed by atoms with Crippen LogP contribution in [0, 0.1) is 34.5 Å². The fourth-order valence-electron chi connectivity index (χ4n) is 9.09. The van der Waals surface area contributed by atoms with Gasteiger partial charge < -0.3 is 24.1 Å². The molecule has 1 unspecified atom stereocenters. The van der Waals surface area contributed by atoms with E-state index in [4.69, 9.17) is 18.9 Å². The van der Waals surface area contributed by atoms with Gasteiger partial charge in [0.1, 0.15) is 12.2 Å². The number of rotatable bonds is 0. The summed E-state index contributed by atoms with van der Waals surface area (Å²) in [5.74, 6) is 0.807. The summed E-state index contributed by atoms with van der Waals surface area (Å²) in [7, 11) is 0. The molecule has 4 aliphatic carbocycles. The lowest BCUT2D eigenvalue weighted by molar-refractivity contribution is -0.258. The number of allylic oxidation sites excluding steroid dienone is 1. The monoisotopic (exact) mass is 418 g/mol. The second kappa shape index (κ2) is 6.16. The summed E-state index contributed by atoms with van der Waals surface area (Å²) in [4.78, 5) is 12.2. The van der Waals surface area contributed by atoms with Crippen LogP contribution < -0.4 is 0 Å². The predicted molar refractivity (Wildman–Crippen MR) is 107 cm³/mol. The van der Waals surface area contributed by atoms with Gasteiger partial charge in [0.2, 0.25) is 5.79 Å². The summed E-state index contributed by atoms with van der Waals surface area (Å²) in [5, 5.41) is 11.7. The Kier molecular flexibility index (Phi) is 4.08. The molecule has 6 aliphatic rings. The van der Waals surface area contributed by atoms with Crippen LogP contribution in [0.15, 0.2) is 11.6 Å². The molecule has 6 nitrogen and oxygen atoms in total. The first-order chi connectivity index (χ1) is 14.3. The van der Waals surface area contributed by atoms with Crippen LogP contribution in [0.25, 0.3) is 0 Å². The Labute approximate surface area is 178 Å². The first kappa shape index (κ1) is 19.9. The molecule has 0 aromatic rings. The van der Waals surface area contributed by atoms with Crippen LogP contribution in [-0.2, 0) is 23.7 Å². The Morgan fingerprint density at radius 1 is 1.13 bits per heavy atom. The fraction of sp³-hybridized carbons (Fsp3) is 0.875. The summed E-state index contributed by atoms with van der Waals surface area (Å²) in [5.41, 5.74) is 0.375. The quantitative estimate of drug-likeness (QED) is 0.651. The summed E-state index contributed by atoms with van der Waals surface area (Å²) in [6, 6.07) is 0. The van der Waals surface area contributed by atoms with Crippen molar-refractivity contribution in [2.24, 2.45) is 34.5 Å². The third-order valence-corrected chi connectivity index (χ3v) is 10.2. The molecule has 0 amide bonds. The highest BCUT2D eigenvalue weighted by Gasteiger charge is 2.76. The standard InChI is InChI=1S/C24H34O6/c1-14-8-16-17-5-7-23(24(30-13-28-23)11-27-12-29-24)22(17,3)10-19(26)20(16)21(2)6-4-15(25)9-18(14)21/h9,14,16-17,19-20,26H,4-8,10-13H2,1-3H3/t14-,16-,17-,19-,20+,21-,22-,23+,24?/m0/s1. The van der Waals surface area contributed by atoms with Crippen molar-refractivity contribution < 1.29 is 28.8 Å². The van der Waals surface area contributed by atoms with Gasteiger partial charge in [0.25, 0.3) is 0 Å². The number of aliphatic hydroxyl groups excluding tert-OH is 1. The topological polar surface area (TPSA) is 74.2 Å². The van der Waals surface area contributed by atoms with Gasteiger partial charge in [-0.15, -0.1) is 0 Å². The van der Waals surface area contributed by atoms with E-state index in [1.807, 2.05) is 6.08 Å². The lowest BCUT2D eigenvalue weighted by Crippen LogP contribution is -2.66. The average Bonchev–Trinajstić information content (AvgIpc) is 3.38. The van der Waals surface area contributed by atoms with Gasteiger partial charge in [-0.3, -0.25) is 4.79 Å². The van der Waals surface area contributed by atoms with Crippen molar-refractivity contribution in [3.8, 4) is 0 Å². The van der Waals surface area contributed by atoms with E-state index in [2.05, 4.69) is 20.8 Å². The fourth-order valence-corrected chi connectivity index (χ4v) is 9.09. The lowest BCUT2D eigenvalue weighted by atomic mass is 9.43. The zero-order chi connectivity index (χ0) is 20.9. The Morgan fingerprint density at radius 2 is 1.93 bits per heavy atom. The number of carbonyl (C=O) groups is 1. The van der Waals surface area contributed by atoms with E-state index < -0.39 is 17.5 Å². The van der Waals surface area contributed by atoms with Crippen molar-refractivity contribution in [3.63, 3.8) is 0 Å². The lowest BCUT2D eigenvalue weighted by Gasteiger charge is -2.62. The summed E-state index contributed by atoms with van der Waals surface area (Å²) in [6.45, 7) is 7.72. The van der Waals surface area contributed by atoms with Crippen LogP contribution in [0.4, 0.5) is 0 Å². The SMILES string of the molecule is C[C@H]1C[C@@H]2[C@H]([C@@H](O)C[C@@]3(C)[C@H]2CC[C@@]32OCOC23COCO3)[C@@]2(C)CCC(=O)C=C12. The average molecular weight is 419 g/mol. The molecule has 2 saturated heterocycles. The van der Waals surface area contributed by atoms with Crippen molar-refractivity contribution in [1.29, 1.82) is 0 Å². The number of ether oxygens (including phenoxy) is 4. The molecule has 5 fully saturated rings. The Morgan fingerprint density at radius 3 is 2.70 bits per heavy atom. The molecule has 0 radical (unpaired) electrons. The van der Waals surface area contributed by atoms with Gasteiger partial charge in [-0.25, -0.2) is 0 Å².